The first-order chi connectivity index (χ1) is 13.1. The summed E-state index contributed by atoms with van der Waals surface area (Å²) < 4.78 is 1.81. The van der Waals surface area contributed by atoms with Gasteiger partial charge in [0.15, 0.2) is 0 Å². The average molecular weight is 379 g/mol. The molecule has 1 amide bonds. The summed E-state index contributed by atoms with van der Waals surface area (Å²) in [6.07, 6.45) is 0.976. The molecule has 3 aromatic rings. The van der Waals surface area contributed by atoms with Crippen molar-refractivity contribution < 1.29 is 9.90 Å². The first-order valence-corrected chi connectivity index (χ1v) is 10.0. The number of carbonyl (C=O) groups is 1. The van der Waals surface area contributed by atoms with Gasteiger partial charge in [0.25, 0.3) is 0 Å². The molecule has 0 spiro atoms. The second kappa shape index (κ2) is 7.12. The predicted molar refractivity (Wildman–Crippen MR) is 109 cm³/mol. The van der Waals surface area contributed by atoms with Crippen molar-refractivity contribution in [2.24, 2.45) is 0 Å². The van der Waals surface area contributed by atoms with Gasteiger partial charge in [-0.2, -0.15) is 5.10 Å². The monoisotopic (exact) mass is 379 g/mol. The Hall–Kier alpha value is -2.73. The van der Waals surface area contributed by atoms with Crippen LogP contribution >= 0.6 is 11.8 Å². The zero-order chi connectivity index (χ0) is 19.0. The van der Waals surface area contributed by atoms with Gasteiger partial charge in [-0.3, -0.25) is 4.79 Å². The number of thioether (sulfide) groups is 1. The Morgan fingerprint density at radius 3 is 2.74 bits per heavy atom. The Morgan fingerprint density at radius 2 is 2.04 bits per heavy atom. The molecule has 0 fully saturated rings. The third-order valence-electron chi connectivity index (χ3n) is 4.77. The third kappa shape index (κ3) is 3.32. The molecule has 0 aliphatic carbocycles. The maximum atomic E-state index is 12.4. The second-order valence-corrected chi connectivity index (χ2v) is 7.71. The smallest absolute Gasteiger partial charge is 0.235 e. The van der Waals surface area contributed by atoms with E-state index in [9.17, 15) is 9.90 Å². The lowest BCUT2D eigenvalue weighted by molar-refractivity contribution is -0.113. The van der Waals surface area contributed by atoms with Crippen LogP contribution in [-0.2, 0) is 11.2 Å². The van der Waals surface area contributed by atoms with Crippen LogP contribution in [0.1, 0.15) is 34.6 Å². The summed E-state index contributed by atoms with van der Waals surface area (Å²) in [6, 6.07) is 15.4. The SMILES string of the molecule is CCc1ccc(-n2nc(C)c3c2NC(=O)CSC3c2cccc(O)c2)cc1. The lowest BCUT2D eigenvalue weighted by atomic mass is 10.0. The van der Waals surface area contributed by atoms with E-state index in [2.05, 4.69) is 24.4 Å². The molecule has 1 aromatic heterocycles. The molecule has 0 bridgehead atoms. The van der Waals surface area contributed by atoms with E-state index in [4.69, 9.17) is 5.10 Å². The van der Waals surface area contributed by atoms with Crippen molar-refractivity contribution in [3.8, 4) is 11.4 Å². The summed E-state index contributed by atoms with van der Waals surface area (Å²) in [7, 11) is 0. The molecular weight excluding hydrogens is 358 g/mol. The topological polar surface area (TPSA) is 67.2 Å². The highest BCUT2D eigenvalue weighted by Crippen LogP contribution is 2.44. The van der Waals surface area contributed by atoms with Crippen LogP contribution in [0.3, 0.4) is 0 Å². The summed E-state index contributed by atoms with van der Waals surface area (Å²) in [5, 5.41) is 17.6. The molecule has 1 aliphatic rings. The number of anilines is 1. The standard InChI is InChI=1S/C21H21N3O2S/c1-3-14-7-9-16(10-8-14)24-21-19(13(2)23-24)20(27-12-18(26)22-21)15-5-4-6-17(25)11-15/h4-11,20,25H,3,12H2,1-2H3,(H,22,26). The minimum atomic E-state index is -0.0743. The number of aryl methyl sites for hydroxylation is 2. The number of nitrogens with zero attached hydrogens (tertiary/aromatic N) is 2. The molecule has 5 nitrogen and oxygen atoms in total. The highest BCUT2D eigenvalue weighted by atomic mass is 32.2. The van der Waals surface area contributed by atoms with Gasteiger partial charge in [-0.05, 0) is 48.7 Å². The van der Waals surface area contributed by atoms with E-state index in [0.29, 0.717) is 11.6 Å². The zero-order valence-electron chi connectivity index (χ0n) is 15.3. The minimum absolute atomic E-state index is 0.0461. The fourth-order valence-corrected chi connectivity index (χ4v) is 4.57. The predicted octanol–water partition coefficient (Wildman–Crippen LogP) is 4.22. The molecule has 2 aromatic carbocycles. The summed E-state index contributed by atoms with van der Waals surface area (Å²) in [6.45, 7) is 4.08. The number of hydrogen-bond acceptors (Lipinski definition) is 4. The fourth-order valence-electron chi connectivity index (χ4n) is 3.39. The summed E-state index contributed by atoms with van der Waals surface area (Å²) in [5.74, 6) is 1.23. The van der Waals surface area contributed by atoms with E-state index in [1.165, 1.54) is 5.56 Å². The lowest BCUT2D eigenvalue weighted by Gasteiger charge is -2.15. The van der Waals surface area contributed by atoms with E-state index in [-0.39, 0.29) is 16.9 Å². The molecule has 27 heavy (non-hydrogen) atoms. The number of carbonyl (C=O) groups excluding carboxylic acids is 1. The highest BCUT2D eigenvalue weighted by molar-refractivity contribution is 8.00. The van der Waals surface area contributed by atoms with Crippen LogP contribution in [0.2, 0.25) is 0 Å². The van der Waals surface area contributed by atoms with Gasteiger partial charge in [0.2, 0.25) is 5.91 Å². The average Bonchev–Trinajstić information content (AvgIpc) is 2.87. The number of nitrogens with one attached hydrogen (secondary N) is 1. The van der Waals surface area contributed by atoms with Gasteiger partial charge in [-0.25, -0.2) is 4.68 Å². The maximum Gasteiger partial charge on any atom is 0.235 e. The number of aromatic nitrogens is 2. The molecule has 138 valence electrons. The maximum absolute atomic E-state index is 12.4. The molecule has 1 unspecified atom stereocenters. The van der Waals surface area contributed by atoms with Crippen molar-refractivity contribution in [2.45, 2.75) is 25.5 Å². The van der Waals surface area contributed by atoms with E-state index in [0.717, 1.165) is 28.9 Å². The van der Waals surface area contributed by atoms with E-state index in [1.807, 2.05) is 35.9 Å². The summed E-state index contributed by atoms with van der Waals surface area (Å²) in [5.41, 5.74) is 4.98. The number of phenolic OH excluding ortho intramolecular Hbond substituents is 1. The Labute approximate surface area is 162 Å². The van der Waals surface area contributed by atoms with Crippen LogP contribution in [0.25, 0.3) is 5.69 Å². The number of aromatic hydroxyl groups is 1. The molecule has 0 saturated heterocycles. The van der Waals surface area contributed by atoms with Crippen LogP contribution in [0, 0.1) is 6.92 Å². The summed E-state index contributed by atoms with van der Waals surface area (Å²) >= 11 is 1.55. The molecule has 2 heterocycles. The normalized spacial score (nSPS) is 16.5. The largest absolute Gasteiger partial charge is 0.508 e. The molecule has 0 saturated carbocycles. The fraction of sp³-hybridized carbons (Fsp3) is 0.238. The van der Waals surface area contributed by atoms with Crippen LogP contribution < -0.4 is 5.32 Å². The number of rotatable bonds is 3. The highest BCUT2D eigenvalue weighted by Gasteiger charge is 2.30. The van der Waals surface area contributed by atoms with Crippen LogP contribution in [0.4, 0.5) is 5.82 Å². The molecule has 1 aliphatic heterocycles. The number of fused-ring (bicyclic) bond motifs is 1. The van der Waals surface area contributed by atoms with Gasteiger partial charge in [0, 0.05) is 5.56 Å². The van der Waals surface area contributed by atoms with Crippen LogP contribution in [-0.4, -0.2) is 26.5 Å². The van der Waals surface area contributed by atoms with Crippen molar-refractivity contribution in [3.05, 3.63) is 70.9 Å². The number of amides is 1. The van der Waals surface area contributed by atoms with Crippen LogP contribution in [0.5, 0.6) is 5.75 Å². The number of phenols is 1. The molecule has 6 heteroatoms. The molecule has 2 N–H and O–H groups in total. The van der Waals surface area contributed by atoms with Crippen LogP contribution in [0.15, 0.2) is 48.5 Å². The Balaban J connectivity index is 1.86. The Bertz CT molecular complexity index is 995. The Morgan fingerprint density at radius 1 is 1.26 bits per heavy atom. The van der Waals surface area contributed by atoms with Gasteiger partial charge < -0.3 is 10.4 Å². The first kappa shape index (κ1) is 17.7. The quantitative estimate of drug-likeness (QED) is 0.715. The molecular formula is C21H21N3O2S. The van der Waals surface area contributed by atoms with E-state index in [1.54, 1.807) is 23.9 Å². The van der Waals surface area contributed by atoms with Gasteiger partial charge in [0.1, 0.15) is 11.6 Å². The van der Waals surface area contributed by atoms with Crippen molar-refractivity contribution >= 4 is 23.5 Å². The van der Waals surface area contributed by atoms with Gasteiger partial charge in [-0.1, -0.05) is 31.2 Å². The van der Waals surface area contributed by atoms with Crippen molar-refractivity contribution in [1.29, 1.82) is 0 Å². The minimum Gasteiger partial charge on any atom is -0.508 e. The second-order valence-electron chi connectivity index (χ2n) is 6.61. The zero-order valence-corrected chi connectivity index (χ0v) is 16.1. The number of benzene rings is 2. The molecule has 4 rings (SSSR count). The van der Waals surface area contributed by atoms with Crippen molar-refractivity contribution in [3.63, 3.8) is 0 Å². The summed E-state index contributed by atoms with van der Waals surface area (Å²) in [4.78, 5) is 12.4. The lowest BCUT2D eigenvalue weighted by Crippen LogP contribution is -2.15. The third-order valence-corrected chi connectivity index (χ3v) is 6.04. The molecule has 0 radical (unpaired) electrons. The van der Waals surface area contributed by atoms with Crippen molar-refractivity contribution in [2.75, 3.05) is 11.1 Å². The Kier molecular flexibility index (Phi) is 4.66. The van der Waals surface area contributed by atoms with Crippen molar-refractivity contribution in [1.82, 2.24) is 9.78 Å². The molecule has 1 atom stereocenters. The van der Waals surface area contributed by atoms with Gasteiger partial charge in [0.05, 0.1) is 22.4 Å². The van der Waals surface area contributed by atoms with Gasteiger partial charge in [-0.15, -0.1) is 11.8 Å². The first-order valence-electron chi connectivity index (χ1n) is 8.96. The van der Waals surface area contributed by atoms with E-state index >= 15 is 0 Å². The van der Waals surface area contributed by atoms with Gasteiger partial charge >= 0.3 is 0 Å². The van der Waals surface area contributed by atoms with E-state index < -0.39 is 0 Å². The number of hydrogen-bond donors (Lipinski definition) is 2.